The molecule has 2 aliphatic rings. The molecular formula is C36H48N6. The van der Waals surface area contributed by atoms with Crippen molar-refractivity contribution in [2.45, 2.75) is 91.1 Å². The maximum atomic E-state index is 4.69. The van der Waals surface area contributed by atoms with Gasteiger partial charge < -0.3 is 20.6 Å². The van der Waals surface area contributed by atoms with Gasteiger partial charge in [-0.25, -0.2) is 9.97 Å². The van der Waals surface area contributed by atoms with Crippen molar-refractivity contribution < 1.29 is 0 Å². The van der Waals surface area contributed by atoms with E-state index in [1.807, 2.05) is 12.4 Å². The van der Waals surface area contributed by atoms with Crippen LogP contribution in [0.25, 0.3) is 33.6 Å². The molecule has 0 spiro atoms. The van der Waals surface area contributed by atoms with Gasteiger partial charge in [-0.2, -0.15) is 0 Å². The summed E-state index contributed by atoms with van der Waals surface area (Å²) in [5, 5.41) is 7.43. The SMILES string of the molecule is CC(NCC1(C)CCCC1)c1ncc(-c2ccc(-c3ccc(-c4cnc(C(C)NCC5(C)CCCC5)[nH]4)cc3)cc2)[nH]1. The van der Waals surface area contributed by atoms with Crippen LogP contribution in [0.5, 0.6) is 0 Å². The summed E-state index contributed by atoms with van der Waals surface area (Å²) in [4.78, 5) is 16.5. The summed E-state index contributed by atoms with van der Waals surface area (Å²) in [6.45, 7) is 11.3. The number of H-pyrrole nitrogens is 2. The third kappa shape index (κ3) is 6.55. The summed E-state index contributed by atoms with van der Waals surface area (Å²) in [6, 6.07) is 17.9. The predicted octanol–water partition coefficient (Wildman–Crippen LogP) is 8.60. The van der Waals surface area contributed by atoms with Gasteiger partial charge in [-0.3, -0.25) is 0 Å². The molecule has 2 saturated carbocycles. The van der Waals surface area contributed by atoms with Gasteiger partial charge in [0, 0.05) is 13.1 Å². The van der Waals surface area contributed by atoms with Gasteiger partial charge in [0.05, 0.1) is 35.9 Å². The number of nitrogens with one attached hydrogen (secondary N) is 4. The molecule has 0 radical (unpaired) electrons. The molecule has 2 fully saturated rings. The summed E-state index contributed by atoms with van der Waals surface area (Å²) in [5.41, 5.74) is 7.69. The van der Waals surface area contributed by atoms with E-state index in [9.17, 15) is 0 Å². The van der Waals surface area contributed by atoms with E-state index < -0.39 is 0 Å². The minimum absolute atomic E-state index is 0.208. The van der Waals surface area contributed by atoms with Crippen molar-refractivity contribution >= 4 is 0 Å². The van der Waals surface area contributed by atoms with Crippen molar-refractivity contribution in [3.05, 3.63) is 72.6 Å². The zero-order valence-electron chi connectivity index (χ0n) is 25.9. The molecule has 4 N–H and O–H groups in total. The van der Waals surface area contributed by atoms with Crippen LogP contribution in [0, 0.1) is 10.8 Å². The van der Waals surface area contributed by atoms with Gasteiger partial charge in [-0.05, 0) is 72.6 Å². The fourth-order valence-corrected chi connectivity index (χ4v) is 6.89. The third-order valence-corrected chi connectivity index (χ3v) is 10.0. The molecule has 0 saturated heterocycles. The van der Waals surface area contributed by atoms with Gasteiger partial charge in [0.15, 0.2) is 0 Å². The molecule has 2 aromatic heterocycles. The summed E-state index contributed by atoms with van der Waals surface area (Å²) in [5.74, 6) is 2.00. The van der Waals surface area contributed by atoms with Gasteiger partial charge in [-0.1, -0.05) is 88.1 Å². The lowest BCUT2D eigenvalue weighted by Gasteiger charge is -2.25. The molecule has 222 valence electrons. The molecule has 0 aliphatic heterocycles. The number of hydrogen-bond acceptors (Lipinski definition) is 4. The molecule has 6 heteroatoms. The Kier molecular flexibility index (Phi) is 8.37. The predicted molar refractivity (Wildman–Crippen MR) is 173 cm³/mol. The van der Waals surface area contributed by atoms with Crippen LogP contribution in [0.2, 0.25) is 0 Å². The van der Waals surface area contributed by atoms with E-state index in [0.29, 0.717) is 10.8 Å². The normalized spacial score (nSPS) is 19.2. The number of nitrogens with zero attached hydrogens (tertiary/aromatic N) is 2. The molecule has 2 aromatic carbocycles. The van der Waals surface area contributed by atoms with Crippen molar-refractivity contribution in [2.75, 3.05) is 13.1 Å². The Labute approximate surface area is 251 Å². The van der Waals surface area contributed by atoms with Gasteiger partial charge in [0.2, 0.25) is 0 Å². The van der Waals surface area contributed by atoms with Crippen LogP contribution in [0.15, 0.2) is 60.9 Å². The lowest BCUT2D eigenvalue weighted by Crippen LogP contribution is -2.31. The average molecular weight is 565 g/mol. The first-order chi connectivity index (χ1) is 20.3. The topological polar surface area (TPSA) is 81.4 Å². The van der Waals surface area contributed by atoms with Crippen LogP contribution in [0.1, 0.15) is 103 Å². The first-order valence-electron chi connectivity index (χ1n) is 16.1. The Bertz CT molecular complexity index is 1320. The van der Waals surface area contributed by atoms with Crippen molar-refractivity contribution in [3.8, 4) is 33.6 Å². The second kappa shape index (κ2) is 12.2. The van der Waals surface area contributed by atoms with Crippen molar-refractivity contribution in [2.24, 2.45) is 10.8 Å². The molecule has 6 rings (SSSR count). The van der Waals surface area contributed by atoms with Crippen molar-refractivity contribution in [3.63, 3.8) is 0 Å². The maximum absolute atomic E-state index is 4.69. The molecule has 4 aromatic rings. The summed E-state index contributed by atoms with van der Waals surface area (Å²) in [6.07, 6.45) is 14.7. The highest BCUT2D eigenvalue weighted by Crippen LogP contribution is 2.38. The number of hydrogen-bond donors (Lipinski definition) is 4. The smallest absolute Gasteiger partial charge is 0.123 e. The molecule has 2 unspecified atom stereocenters. The molecule has 2 aliphatic carbocycles. The van der Waals surface area contributed by atoms with Crippen molar-refractivity contribution in [1.82, 2.24) is 30.6 Å². The van der Waals surface area contributed by atoms with Crippen molar-refractivity contribution in [1.29, 1.82) is 0 Å². The van der Waals surface area contributed by atoms with Gasteiger partial charge >= 0.3 is 0 Å². The zero-order chi connectivity index (χ0) is 29.2. The number of aromatic amines is 2. The highest BCUT2D eigenvalue weighted by atomic mass is 15.0. The molecule has 2 heterocycles. The van der Waals surface area contributed by atoms with Crippen LogP contribution in [0.4, 0.5) is 0 Å². The first-order valence-corrected chi connectivity index (χ1v) is 16.1. The molecular weight excluding hydrogens is 516 g/mol. The number of imidazole rings is 2. The van der Waals surface area contributed by atoms with Crippen LogP contribution < -0.4 is 10.6 Å². The number of aromatic nitrogens is 4. The monoisotopic (exact) mass is 564 g/mol. The summed E-state index contributed by atoms with van der Waals surface area (Å²) < 4.78 is 0. The second-order valence-corrected chi connectivity index (χ2v) is 13.8. The quantitative estimate of drug-likeness (QED) is 0.147. The van der Waals surface area contributed by atoms with Gasteiger partial charge in [-0.15, -0.1) is 0 Å². The summed E-state index contributed by atoms with van der Waals surface area (Å²) in [7, 11) is 0. The van der Waals surface area contributed by atoms with Crippen LogP contribution in [-0.2, 0) is 0 Å². The lowest BCUT2D eigenvalue weighted by molar-refractivity contribution is 0.299. The van der Waals surface area contributed by atoms with Crippen LogP contribution >= 0.6 is 0 Å². The highest BCUT2D eigenvalue weighted by molar-refractivity contribution is 5.71. The fraction of sp³-hybridized carbons (Fsp3) is 0.500. The molecule has 2 atom stereocenters. The van der Waals surface area contributed by atoms with Gasteiger partial charge in [0.25, 0.3) is 0 Å². The van der Waals surface area contributed by atoms with E-state index in [0.717, 1.165) is 47.3 Å². The Morgan fingerprint density at radius 3 is 1.29 bits per heavy atom. The number of benzene rings is 2. The van der Waals surface area contributed by atoms with E-state index in [4.69, 9.17) is 9.97 Å². The zero-order valence-corrected chi connectivity index (χ0v) is 25.9. The van der Waals surface area contributed by atoms with Crippen LogP contribution in [0.3, 0.4) is 0 Å². The third-order valence-electron chi connectivity index (χ3n) is 10.0. The first kappa shape index (κ1) is 28.9. The molecule has 6 nitrogen and oxygen atoms in total. The Morgan fingerprint density at radius 2 is 0.929 bits per heavy atom. The van der Waals surface area contributed by atoms with E-state index >= 15 is 0 Å². The Balaban J connectivity index is 1.05. The van der Waals surface area contributed by atoms with E-state index in [-0.39, 0.29) is 12.1 Å². The molecule has 0 amide bonds. The standard InChI is InChI=1S/C36H48N6/c1-25(39-23-35(3)17-5-6-18-35)33-37-21-31(41-33)29-13-9-27(10-14-29)28-11-15-30(16-12-28)32-22-38-34(42-32)26(2)40-24-36(4)19-7-8-20-36/h9-16,21-22,25-26,39-40H,5-8,17-20,23-24H2,1-4H3,(H,37,41)(H,38,42). The fourth-order valence-electron chi connectivity index (χ4n) is 6.89. The second-order valence-electron chi connectivity index (χ2n) is 13.8. The van der Waals surface area contributed by atoms with E-state index in [2.05, 4.69) is 96.8 Å². The maximum Gasteiger partial charge on any atom is 0.123 e. The highest BCUT2D eigenvalue weighted by Gasteiger charge is 2.30. The Morgan fingerprint density at radius 1 is 0.595 bits per heavy atom. The lowest BCUT2D eigenvalue weighted by atomic mass is 9.88. The molecule has 0 bridgehead atoms. The number of rotatable bonds is 11. The van der Waals surface area contributed by atoms with E-state index in [1.165, 1.54) is 62.5 Å². The summed E-state index contributed by atoms with van der Waals surface area (Å²) >= 11 is 0. The average Bonchev–Trinajstić information content (AvgIpc) is 3.83. The van der Waals surface area contributed by atoms with Crippen LogP contribution in [-0.4, -0.2) is 33.0 Å². The molecule has 42 heavy (non-hydrogen) atoms. The van der Waals surface area contributed by atoms with Gasteiger partial charge in [0.1, 0.15) is 11.6 Å². The minimum Gasteiger partial charge on any atom is -0.341 e. The Hall–Kier alpha value is -3.22. The minimum atomic E-state index is 0.208. The van der Waals surface area contributed by atoms with E-state index in [1.54, 1.807) is 0 Å². The largest absolute Gasteiger partial charge is 0.341 e.